The Bertz CT molecular complexity index is 425. The molecular formula is C16H24F2N2O. The van der Waals surface area contributed by atoms with Gasteiger partial charge in [0.1, 0.15) is 5.75 Å². The van der Waals surface area contributed by atoms with Crippen molar-refractivity contribution in [2.45, 2.75) is 39.3 Å². The second-order valence-corrected chi connectivity index (χ2v) is 5.64. The van der Waals surface area contributed by atoms with Crippen molar-refractivity contribution in [1.29, 1.82) is 0 Å². The lowest BCUT2D eigenvalue weighted by atomic mass is 9.93. The molecule has 2 atom stereocenters. The van der Waals surface area contributed by atoms with Crippen LogP contribution < -0.4 is 15.0 Å². The summed E-state index contributed by atoms with van der Waals surface area (Å²) < 4.78 is 28.6. The monoisotopic (exact) mass is 298 g/mol. The maximum atomic E-state index is 12.1. The number of hydrogen-bond donors (Lipinski definition) is 1. The third-order valence-electron chi connectivity index (χ3n) is 3.99. The Morgan fingerprint density at radius 2 is 2.05 bits per heavy atom. The molecule has 1 fully saturated rings. The van der Waals surface area contributed by atoms with Gasteiger partial charge in [0.2, 0.25) is 0 Å². The summed E-state index contributed by atoms with van der Waals surface area (Å²) in [5.41, 5.74) is 1.07. The standard InChI is InChI=1S/C16H24F2N2O/c1-3-9-19-15-8-10-20(11-12(15)2)13-4-6-14(7-5-13)21-16(17)18/h4-7,12,15-16,19H,3,8-11H2,1-2H3. The smallest absolute Gasteiger partial charge is 0.387 e. The first-order chi connectivity index (χ1) is 10.1. The van der Waals surface area contributed by atoms with Crippen molar-refractivity contribution < 1.29 is 13.5 Å². The number of halogens is 2. The first-order valence-corrected chi connectivity index (χ1v) is 7.63. The molecule has 1 aromatic carbocycles. The van der Waals surface area contributed by atoms with Gasteiger partial charge < -0.3 is 15.0 Å². The highest BCUT2D eigenvalue weighted by molar-refractivity contribution is 5.49. The highest BCUT2D eigenvalue weighted by Crippen LogP contribution is 2.25. The summed E-state index contributed by atoms with van der Waals surface area (Å²) in [5, 5.41) is 3.59. The number of anilines is 1. The van der Waals surface area contributed by atoms with Crippen LogP contribution in [0, 0.1) is 5.92 Å². The molecule has 0 spiro atoms. The van der Waals surface area contributed by atoms with Crippen molar-refractivity contribution in [1.82, 2.24) is 5.32 Å². The van der Waals surface area contributed by atoms with E-state index in [0.29, 0.717) is 12.0 Å². The maximum absolute atomic E-state index is 12.1. The molecule has 1 aliphatic rings. The third kappa shape index (κ3) is 4.56. The normalized spacial score (nSPS) is 22.6. The molecule has 2 rings (SSSR count). The largest absolute Gasteiger partial charge is 0.435 e. The number of hydrogen-bond acceptors (Lipinski definition) is 3. The van der Waals surface area contributed by atoms with Crippen molar-refractivity contribution in [3.63, 3.8) is 0 Å². The molecule has 2 unspecified atom stereocenters. The zero-order chi connectivity index (χ0) is 15.2. The second kappa shape index (κ2) is 7.59. The van der Waals surface area contributed by atoms with Crippen LogP contribution >= 0.6 is 0 Å². The molecule has 1 heterocycles. The average Bonchev–Trinajstić information content (AvgIpc) is 2.46. The minimum absolute atomic E-state index is 0.210. The fraction of sp³-hybridized carbons (Fsp3) is 0.625. The van der Waals surface area contributed by atoms with Gasteiger partial charge in [0.25, 0.3) is 0 Å². The first kappa shape index (κ1) is 16.0. The van der Waals surface area contributed by atoms with E-state index in [1.165, 1.54) is 0 Å². The van der Waals surface area contributed by atoms with E-state index in [1.54, 1.807) is 12.1 Å². The van der Waals surface area contributed by atoms with Gasteiger partial charge in [-0.05, 0) is 49.6 Å². The molecule has 1 N–H and O–H groups in total. The molecule has 118 valence electrons. The fourth-order valence-electron chi connectivity index (χ4n) is 2.85. The molecule has 0 amide bonds. The van der Waals surface area contributed by atoms with E-state index in [0.717, 1.165) is 38.2 Å². The quantitative estimate of drug-likeness (QED) is 0.870. The van der Waals surface area contributed by atoms with Crippen LogP contribution in [0.4, 0.5) is 14.5 Å². The van der Waals surface area contributed by atoms with E-state index in [1.807, 2.05) is 12.1 Å². The molecule has 1 aliphatic heterocycles. The predicted octanol–water partition coefficient (Wildman–Crippen LogP) is 3.50. The van der Waals surface area contributed by atoms with E-state index >= 15 is 0 Å². The maximum Gasteiger partial charge on any atom is 0.387 e. The molecule has 1 saturated heterocycles. The lowest BCUT2D eigenvalue weighted by Crippen LogP contribution is -2.48. The number of nitrogens with zero attached hydrogens (tertiary/aromatic N) is 1. The van der Waals surface area contributed by atoms with Crippen LogP contribution in [0.2, 0.25) is 0 Å². The van der Waals surface area contributed by atoms with Crippen molar-refractivity contribution in [3.8, 4) is 5.75 Å². The van der Waals surface area contributed by atoms with Crippen LogP contribution in [0.25, 0.3) is 0 Å². The van der Waals surface area contributed by atoms with Gasteiger partial charge in [-0.1, -0.05) is 13.8 Å². The van der Waals surface area contributed by atoms with Gasteiger partial charge in [-0.25, -0.2) is 0 Å². The summed E-state index contributed by atoms with van der Waals surface area (Å²) in [4.78, 5) is 2.31. The van der Waals surface area contributed by atoms with Crippen LogP contribution in [0.1, 0.15) is 26.7 Å². The topological polar surface area (TPSA) is 24.5 Å². The van der Waals surface area contributed by atoms with Gasteiger partial charge in [0.15, 0.2) is 0 Å². The number of nitrogens with one attached hydrogen (secondary N) is 1. The molecule has 21 heavy (non-hydrogen) atoms. The molecule has 0 aliphatic carbocycles. The number of alkyl halides is 2. The van der Waals surface area contributed by atoms with Crippen LogP contribution in [0.15, 0.2) is 24.3 Å². The molecule has 0 radical (unpaired) electrons. The SMILES string of the molecule is CCCNC1CCN(c2ccc(OC(F)F)cc2)CC1C. The first-order valence-electron chi connectivity index (χ1n) is 7.63. The van der Waals surface area contributed by atoms with Crippen LogP contribution in [0.5, 0.6) is 5.75 Å². The summed E-state index contributed by atoms with van der Waals surface area (Å²) in [7, 11) is 0. The summed E-state index contributed by atoms with van der Waals surface area (Å²) in [6.45, 7) is 4.70. The number of rotatable bonds is 6. The molecule has 5 heteroatoms. The van der Waals surface area contributed by atoms with Gasteiger partial charge in [-0.2, -0.15) is 8.78 Å². The Labute approximate surface area is 125 Å². The van der Waals surface area contributed by atoms with Crippen LogP contribution in [-0.4, -0.2) is 32.3 Å². The van der Waals surface area contributed by atoms with E-state index in [4.69, 9.17) is 0 Å². The highest BCUT2D eigenvalue weighted by atomic mass is 19.3. The zero-order valence-corrected chi connectivity index (χ0v) is 12.7. The Hall–Kier alpha value is -1.36. The molecule has 3 nitrogen and oxygen atoms in total. The summed E-state index contributed by atoms with van der Waals surface area (Å²) in [5.74, 6) is 0.781. The number of benzene rings is 1. The molecule has 1 aromatic rings. The summed E-state index contributed by atoms with van der Waals surface area (Å²) >= 11 is 0. The van der Waals surface area contributed by atoms with E-state index in [9.17, 15) is 8.78 Å². The Balaban J connectivity index is 1.91. The molecule has 0 saturated carbocycles. The van der Waals surface area contributed by atoms with Crippen molar-refractivity contribution in [3.05, 3.63) is 24.3 Å². The average molecular weight is 298 g/mol. The zero-order valence-electron chi connectivity index (χ0n) is 12.7. The predicted molar refractivity (Wildman–Crippen MR) is 81.1 cm³/mol. The van der Waals surface area contributed by atoms with Gasteiger partial charge in [0, 0.05) is 24.8 Å². The lowest BCUT2D eigenvalue weighted by Gasteiger charge is -2.38. The summed E-state index contributed by atoms with van der Waals surface area (Å²) in [6, 6.07) is 7.48. The summed E-state index contributed by atoms with van der Waals surface area (Å²) in [6.07, 6.45) is 2.26. The van der Waals surface area contributed by atoms with Crippen LogP contribution in [-0.2, 0) is 0 Å². The Morgan fingerprint density at radius 3 is 2.62 bits per heavy atom. The van der Waals surface area contributed by atoms with Gasteiger partial charge in [-0.3, -0.25) is 0 Å². The van der Waals surface area contributed by atoms with E-state index in [2.05, 4.69) is 28.8 Å². The van der Waals surface area contributed by atoms with E-state index in [-0.39, 0.29) is 5.75 Å². The fourth-order valence-corrected chi connectivity index (χ4v) is 2.85. The number of ether oxygens (including phenoxy) is 1. The number of piperidine rings is 1. The third-order valence-corrected chi connectivity index (χ3v) is 3.99. The molecular weight excluding hydrogens is 274 g/mol. The van der Waals surface area contributed by atoms with Crippen LogP contribution in [0.3, 0.4) is 0 Å². The highest BCUT2D eigenvalue weighted by Gasteiger charge is 2.25. The Morgan fingerprint density at radius 1 is 1.33 bits per heavy atom. The molecule has 0 aromatic heterocycles. The van der Waals surface area contributed by atoms with Gasteiger partial charge in [-0.15, -0.1) is 0 Å². The van der Waals surface area contributed by atoms with Crippen molar-refractivity contribution >= 4 is 5.69 Å². The van der Waals surface area contributed by atoms with Gasteiger partial charge in [0.05, 0.1) is 0 Å². The lowest BCUT2D eigenvalue weighted by molar-refractivity contribution is -0.0498. The van der Waals surface area contributed by atoms with Gasteiger partial charge >= 0.3 is 6.61 Å². The van der Waals surface area contributed by atoms with E-state index < -0.39 is 6.61 Å². The minimum Gasteiger partial charge on any atom is -0.435 e. The second-order valence-electron chi connectivity index (χ2n) is 5.64. The minimum atomic E-state index is -2.77. The van der Waals surface area contributed by atoms with Crippen molar-refractivity contribution in [2.24, 2.45) is 5.92 Å². The van der Waals surface area contributed by atoms with Crippen molar-refractivity contribution in [2.75, 3.05) is 24.5 Å². The Kier molecular flexibility index (Phi) is 5.79. The molecule has 0 bridgehead atoms.